The number of hydrogen-bond donors (Lipinski definition) is 1. The van der Waals surface area contributed by atoms with Gasteiger partial charge in [-0.1, -0.05) is 30.7 Å². The number of fused-ring (bicyclic) bond motifs is 1. The van der Waals surface area contributed by atoms with Gasteiger partial charge in [0.2, 0.25) is 0 Å². The SMILES string of the molecule is COCC(C)CNC1CCc2ccc(C)cc21. The fraction of sp³-hybridized carbons (Fsp3) is 0.600. The molecule has 0 spiro atoms. The minimum absolute atomic E-state index is 0.546. The van der Waals surface area contributed by atoms with Crippen molar-refractivity contribution < 1.29 is 4.74 Å². The van der Waals surface area contributed by atoms with Crippen LogP contribution in [-0.2, 0) is 11.2 Å². The second-order valence-electron chi connectivity index (χ2n) is 5.26. The Morgan fingerprint density at radius 1 is 1.47 bits per heavy atom. The quantitative estimate of drug-likeness (QED) is 0.844. The largest absolute Gasteiger partial charge is 0.384 e. The Hall–Kier alpha value is -0.860. The number of hydrogen-bond acceptors (Lipinski definition) is 2. The Kier molecular flexibility index (Phi) is 4.19. The molecule has 1 aromatic rings. The zero-order valence-corrected chi connectivity index (χ0v) is 11.1. The number of benzene rings is 1. The van der Waals surface area contributed by atoms with Gasteiger partial charge in [-0.3, -0.25) is 0 Å². The van der Waals surface area contributed by atoms with Crippen molar-refractivity contribution in [2.24, 2.45) is 5.92 Å². The fourth-order valence-electron chi connectivity index (χ4n) is 2.62. The predicted molar refractivity (Wildman–Crippen MR) is 71.3 cm³/mol. The summed E-state index contributed by atoms with van der Waals surface area (Å²) in [5.41, 5.74) is 4.39. The molecule has 2 nitrogen and oxygen atoms in total. The van der Waals surface area contributed by atoms with Crippen molar-refractivity contribution in [2.45, 2.75) is 32.7 Å². The number of methoxy groups -OCH3 is 1. The van der Waals surface area contributed by atoms with Crippen LogP contribution in [0.1, 0.15) is 36.1 Å². The lowest BCUT2D eigenvalue weighted by Gasteiger charge is -2.18. The molecule has 0 aromatic heterocycles. The summed E-state index contributed by atoms with van der Waals surface area (Å²) in [5, 5.41) is 3.67. The highest BCUT2D eigenvalue weighted by Gasteiger charge is 2.22. The maximum atomic E-state index is 5.17. The third kappa shape index (κ3) is 3.08. The molecular weight excluding hydrogens is 210 g/mol. The van der Waals surface area contributed by atoms with E-state index in [1.54, 1.807) is 7.11 Å². The van der Waals surface area contributed by atoms with Crippen molar-refractivity contribution in [3.63, 3.8) is 0 Å². The van der Waals surface area contributed by atoms with Crippen molar-refractivity contribution >= 4 is 0 Å². The van der Waals surface area contributed by atoms with Crippen LogP contribution in [0.25, 0.3) is 0 Å². The van der Waals surface area contributed by atoms with Crippen LogP contribution in [0.5, 0.6) is 0 Å². The van der Waals surface area contributed by atoms with Gasteiger partial charge in [0.25, 0.3) is 0 Å². The van der Waals surface area contributed by atoms with E-state index < -0.39 is 0 Å². The summed E-state index contributed by atoms with van der Waals surface area (Å²) < 4.78 is 5.17. The van der Waals surface area contributed by atoms with Gasteiger partial charge in [0.15, 0.2) is 0 Å². The van der Waals surface area contributed by atoms with E-state index in [9.17, 15) is 0 Å². The Labute approximate surface area is 104 Å². The molecule has 0 amide bonds. The van der Waals surface area contributed by atoms with E-state index >= 15 is 0 Å². The number of rotatable bonds is 5. The summed E-state index contributed by atoms with van der Waals surface area (Å²) in [6.45, 7) is 6.26. The van der Waals surface area contributed by atoms with Crippen LogP contribution in [-0.4, -0.2) is 20.3 Å². The first-order valence-electron chi connectivity index (χ1n) is 6.52. The summed E-state index contributed by atoms with van der Waals surface area (Å²) in [7, 11) is 1.77. The van der Waals surface area contributed by atoms with Crippen molar-refractivity contribution in [1.29, 1.82) is 0 Å². The molecule has 0 heterocycles. The Balaban J connectivity index is 1.95. The van der Waals surface area contributed by atoms with E-state index in [0.717, 1.165) is 13.2 Å². The van der Waals surface area contributed by atoms with Gasteiger partial charge in [-0.15, -0.1) is 0 Å². The average molecular weight is 233 g/mol. The van der Waals surface area contributed by atoms with Crippen molar-refractivity contribution in [1.82, 2.24) is 5.32 Å². The first kappa shape index (κ1) is 12.6. The molecule has 2 heteroatoms. The smallest absolute Gasteiger partial charge is 0.0499 e. The lowest BCUT2D eigenvalue weighted by Crippen LogP contribution is -2.27. The summed E-state index contributed by atoms with van der Waals surface area (Å²) >= 11 is 0. The van der Waals surface area contributed by atoms with Crippen molar-refractivity contribution in [3.05, 3.63) is 34.9 Å². The third-order valence-corrected chi connectivity index (χ3v) is 3.54. The van der Waals surface area contributed by atoms with Gasteiger partial charge in [-0.05, 0) is 36.8 Å². The van der Waals surface area contributed by atoms with Crippen LogP contribution in [0.2, 0.25) is 0 Å². The lowest BCUT2D eigenvalue weighted by atomic mass is 10.0. The average Bonchev–Trinajstić information content (AvgIpc) is 2.69. The molecule has 1 aromatic carbocycles. The Bertz CT molecular complexity index is 375. The van der Waals surface area contributed by atoms with Gasteiger partial charge in [0, 0.05) is 26.3 Å². The monoisotopic (exact) mass is 233 g/mol. The van der Waals surface area contributed by atoms with Crippen molar-refractivity contribution in [3.8, 4) is 0 Å². The molecule has 0 saturated heterocycles. The molecular formula is C15H23NO. The van der Waals surface area contributed by atoms with Crippen LogP contribution in [0.4, 0.5) is 0 Å². The van der Waals surface area contributed by atoms with E-state index in [1.165, 1.54) is 29.5 Å². The highest BCUT2D eigenvalue weighted by molar-refractivity contribution is 5.37. The van der Waals surface area contributed by atoms with Crippen LogP contribution in [0, 0.1) is 12.8 Å². The predicted octanol–water partition coefficient (Wildman–Crippen LogP) is 2.85. The summed E-state index contributed by atoms with van der Waals surface area (Å²) in [6, 6.07) is 7.38. The molecule has 0 fully saturated rings. The maximum absolute atomic E-state index is 5.17. The first-order chi connectivity index (χ1) is 8.20. The van der Waals surface area contributed by atoms with Gasteiger partial charge in [-0.2, -0.15) is 0 Å². The molecule has 0 radical (unpaired) electrons. The molecule has 1 aliphatic carbocycles. The zero-order chi connectivity index (χ0) is 12.3. The number of aryl methyl sites for hydroxylation is 2. The van der Waals surface area contributed by atoms with E-state index in [0.29, 0.717) is 12.0 Å². The van der Waals surface area contributed by atoms with Gasteiger partial charge >= 0.3 is 0 Å². The standard InChI is InChI=1S/C15H23NO/c1-11-4-5-13-6-7-15(14(13)8-11)16-9-12(2)10-17-3/h4-5,8,12,15-16H,6-7,9-10H2,1-3H3. The topological polar surface area (TPSA) is 21.3 Å². The summed E-state index contributed by atoms with van der Waals surface area (Å²) in [6.07, 6.45) is 2.45. The van der Waals surface area contributed by atoms with E-state index in [4.69, 9.17) is 4.74 Å². The third-order valence-electron chi connectivity index (χ3n) is 3.54. The summed E-state index contributed by atoms with van der Waals surface area (Å²) in [4.78, 5) is 0. The molecule has 2 unspecified atom stereocenters. The molecule has 1 N–H and O–H groups in total. The zero-order valence-electron chi connectivity index (χ0n) is 11.1. The normalized spacial score (nSPS) is 20.3. The second-order valence-corrected chi connectivity index (χ2v) is 5.26. The van der Waals surface area contributed by atoms with Gasteiger partial charge in [0.05, 0.1) is 0 Å². The molecule has 0 aliphatic heterocycles. The molecule has 2 atom stereocenters. The Morgan fingerprint density at radius 2 is 2.29 bits per heavy atom. The van der Waals surface area contributed by atoms with E-state index in [1.807, 2.05) is 0 Å². The summed E-state index contributed by atoms with van der Waals surface area (Å²) in [5.74, 6) is 0.578. The van der Waals surface area contributed by atoms with Crippen molar-refractivity contribution in [2.75, 3.05) is 20.3 Å². The molecule has 2 rings (SSSR count). The maximum Gasteiger partial charge on any atom is 0.0499 e. The van der Waals surface area contributed by atoms with E-state index in [-0.39, 0.29) is 0 Å². The minimum Gasteiger partial charge on any atom is -0.384 e. The van der Waals surface area contributed by atoms with Gasteiger partial charge in [0.1, 0.15) is 0 Å². The molecule has 17 heavy (non-hydrogen) atoms. The molecule has 94 valence electrons. The first-order valence-corrected chi connectivity index (χ1v) is 6.52. The molecule has 0 saturated carbocycles. The minimum atomic E-state index is 0.546. The molecule has 1 aliphatic rings. The van der Waals surface area contributed by atoms with Gasteiger partial charge < -0.3 is 10.1 Å². The fourth-order valence-corrected chi connectivity index (χ4v) is 2.62. The number of ether oxygens (including phenoxy) is 1. The van der Waals surface area contributed by atoms with Crippen LogP contribution < -0.4 is 5.32 Å². The highest BCUT2D eigenvalue weighted by atomic mass is 16.5. The Morgan fingerprint density at radius 3 is 3.06 bits per heavy atom. The lowest BCUT2D eigenvalue weighted by molar-refractivity contribution is 0.157. The number of nitrogens with one attached hydrogen (secondary N) is 1. The highest BCUT2D eigenvalue weighted by Crippen LogP contribution is 2.31. The van der Waals surface area contributed by atoms with Crippen LogP contribution >= 0.6 is 0 Å². The van der Waals surface area contributed by atoms with Crippen LogP contribution in [0.3, 0.4) is 0 Å². The van der Waals surface area contributed by atoms with Crippen LogP contribution in [0.15, 0.2) is 18.2 Å². The second kappa shape index (κ2) is 5.65. The molecule has 0 bridgehead atoms. The van der Waals surface area contributed by atoms with Gasteiger partial charge in [-0.25, -0.2) is 0 Å². The van der Waals surface area contributed by atoms with E-state index in [2.05, 4.69) is 37.4 Å².